The highest BCUT2D eigenvalue weighted by molar-refractivity contribution is 6.31. The third-order valence-electron chi connectivity index (χ3n) is 6.13. The number of aromatic nitrogens is 3. The van der Waals surface area contributed by atoms with Gasteiger partial charge >= 0.3 is 0 Å². The lowest BCUT2D eigenvalue weighted by molar-refractivity contribution is -0.141. The summed E-state index contributed by atoms with van der Waals surface area (Å²) in [6.45, 7) is 1.82. The van der Waals surface area contributed by atoms with E-state index < -0.39 is 0 Å². The molecule has 6 rings (SSSR count). The second-order valence-electron chi connectivity index (χ2n) is 8.65. The summed E-state index contributed by atoms with van der Waals surface area (Å²) in [4.78, 5) is 29.3. The van der Waals surface area contributed by atoms with Crippen molar-refractivity contribution in [1.29, 1.82) is 0 Å². The maximum atomic E-state index is 12.9. The SMILES string of the molecule is Cc1cc(OCC(=O)NC23CC(NC(=O)c4ccccc4-n4cncn4)(C2)C3)ccc1Cl. The van der Waals surface area contributed by atoms with Crippen molar-refractivity contribution in [1.82, 2.24) is 25.4 Å². The van der Waals surface area contributed by atoms with E-state index in [4.69, 9.17) is 16.3 Å². The van der Waals surface area contributed by atoms with Crippen LogP contribution in [0, 0.1) is 6.92 Å². The molecule has 2 amide bonds. The molecule has 3 aromatic rings. The first-order chi connectivity index (χ1) is 15.4. The molecule has 2 aromatic carbocycles. The van der Waals surface area contributed by atoms with E-state index >= 15 is 0 Å². The van der Waals surface area contributed by atoms with Crippen molar-refractivity contribution in [3.63, 3.8) is 0 Å². The Labute approximate surface area is 189 Å². The zero-order chi connectivity index (χ0) is 22.3. The highest BCUT2D eigenvalue weighted by Crippen LogP contribution is 2.60. The van der Waals surface area contributed by atoms with E-state index in [1.807, 2.05) is 25.1 Å². The zero-order valence-corrected chi connectivity index (χ0v) is 18.2. The summed E-state index contributed by atoms with van der Waals surface area (Å²) in [7, 11) is 0. The zero-order valence-electron chi connectivity index (χ0n) is 17.5. The van der Waals surface area contributed by atoms with Gasteiger partial charge < -0.3 is 15.4 Å². The van der Waals surface area contributed by atoms with Crippen LogP contribution in [-0.4, -0.2) is 44.3 Å². The molecule has 32 heavy (non-hydrogen) atoms. The molecule has 0 atom stereocenters. The molecule has 0 radical (unpaired) electrons. The van der Waals surface area contributed by atoms with Gasteiger partial charge in [-0.3, -0.25) is 9.59 Å². The first-order valence-electron chi connectivity index (χ1n) is 10.3. The van der Waals surface area contributed by atoms with E-state index in [0.717, 1.165) is 5.56 Å². The molecule has 164 valence electrons. The molecule has 0 saturated heterocycles. The summed E-state index contributed by atoms with van der Waals surface area (Å²) < 4.78 is 7.15. The van der Waals surface area contributed by atoms with Crippen LogP contribution in [0.4, 0.5) is 0 Å². The Morgan fingerprint density at radius 2 is 1.88 bits per heavy atom. The molecule has 0 aliphatic heterocycles. The first-order valence-corrected chi connectivity index (χ1v) is 10.7. The molecule has 2 N–H and O–H groups in total. The van der Waals surface area contributed by atoms with Crippen LogP contribution < -0.4 is 15.4 Å². The van der Waals surface area contributed by atoms with Crippen LogP contribution in [-0.2, 0) is 4.79 Å². The molecule has 3 fully saturated rings. The van der Waals surface area contributed by atoms with Crippen LogP contribution in [0.3, 0.4) is 0 Å². The lowest BCUT2D eigenvalue weighted by Crippen LogP contribution is -2.84. The molecule has 3 saturated carbocycles. The lowest BCUT2D eigenvalue weighted by Gasteiger charge is -2.70. The van der Waals surface area contributed by atoms with E-state index in [9.17, 15) is 9.59 Å². The Hall–Kier alpha value is -3.39. The molecule has 0 spiro atoms. The number of para-hydroxylation sites is 1. The number of hydrogen-bond donors (Lipinski definition) is 2. The highest BCUT2D eigenvalue weighted by Gasteiger charge is 2.69. The maximum absolute atomic E-state index is 12.9. The van der Waals surface area contributed by atoms with Gasteiger partial charge in [0.2, 0.25) is 0 Å². The minimum Gasteiger partial charge on any atom is -0.484 e. The standard InChI is InChI=1S/C23H22ClN5O3/c1-15-8-16(6-7-18(15)24)32-9-20(30)27-22-10-23(11-22,12-22)28-21(31)17-4-2-3-5-19(17)29-14-25-13-26-29/h2-8,13-14H,9-12H2,1H3,(H,27,30)(H,28,31). The van der Waals surface area contributed by atoms with Crippen molar-refractivity contribution in [2.24, 2.45) is 0 Å². The number of ether oxygens (including phenoxy) is 1. The second-order valence-corrected chi connectivity index (χ2v) is 9.06. The highest BCUT2D eigenvalue weighted by atomic mass is 35.5. The minimum atomic E-state index is -0.270. The summed E-state index contributed by atoms with van der Waals surface area (Å²) in [6.07, 6.45) is 5.13. The van der Waals surface area contributed by atoms with Crippen LogP contribution >= 0.6 is 11.6 Å². The quantitative estimate of drug-likeness (QED) is 0.575. The fourth-order valence-electron chi connectivity index (χ4n) is 4.75. The van der Waals surface area contributed by atoms with Crippen molar-refractivity contribution in [3.8, 4) is 11.4 Å². The Morgan fingerprint density at radius 1 is 1.12 bits per heavy atom. The van der Waals surface area contributed by atoms with Gasteiger partial charge in [0.15, 0.2) is 6.61 Å². The molecular formula is C23H22ClN5O3. The average molecular weight is 452 g/mol. The molecule has 8 nitrogen and oxygen atoms in total. The van der Waals surface area contributed by atoms with Crippen molar-refractivity contribution in [2.75, 3.05) is 6.61 Å². The lowest BCUT2D eigenvalue weighted by atomic mass is 9.44. The number of nitrogens with zero attached hydrogens (tertiary/aromatic N) is 3. The second kappa shape index (κ2) is 7.63. The summed E-state index contributed by atoms with van der Waals surface area (Å²) in [5, 5.41) is 11.0. The van der Waals surface area contributed by atoms with Gasteiger partial charge in [0.05, 0.1) is 11.3 Å². The molecule has 9 heteroatoms. The van der Waals surface area contributed by atoms with Crippen molar-refractivity contribution in [2.45, 2.75) is 37.3 Å². The number of rotatable bonds is 7. The Morgan fingerprint density at radius 3 is 2.59 bits per heavy atom. The summed E-state index contributed by atoms with van der Waals surface area (Å²) in [5.41, 5.74) is 1.58. The average Bonchev–Trinajstić information content (AvgIpc) is 3.27. The fraction of sp³-hybridized carbons (Fsp3) is 0.304. The summed E-state index contributed by atoms with van der Waals surface area (Å²) >= 11 is 6.01. The predicted octanol–water partition coefficient (Wildman–Crippen LogP) is 2.83. The molecule has 3 aliphatic rings. The number of benzene rings is 2. The largest absolute Gasteiger partial charge is 0.484 e. The summed E-state index contributed by atoms with van der Waals surface area (Å²) in [5.74, 6) is 0.278. The van der Waals surface area contributed by atoms with Gasteiger partial charge in [0.25, 0.3) is 11.8 Å². The molecular weight excluding hydrogens is 430 g/mol. The van der Waals surface area contributed by atoms with Crippen LogP contribution in [0.5, 0.6) is 5.75 Å². The Kier molecular flexibility index (Phi) is 4.89. The number of nitrogens with one attached hydrogen (secondary N) is 2. The van der Waals surface area contributed by atoms with Gasteiger partial charge in [0, 0.05) is 16.1 Å². The van der Waals surface area contributed by atoms with Crippen LogP contribution in [0.1, 0.15) is 35.2 Å². The smallest absolute Gasteiger partial charge is 0.258 e. The molecule has 1 aromatic heterocycles. The van der Waals surface area contributed by atoms with Crippen LogP contribution in [0.15, 0.2) is 55.1 Å². The number of amides is 2. The third-order valence-corrected chi connectivity index (χ3v) is 6.55. The molecule has 1 heterocycles. The monoisotopic (exact) mass is 451 g/mol. The Bertz CT molecular complexity index is 1170. The molecule has 3 aliphatic carbocycles. The van der Waals surface area contributed by atoms with Gasteiger partial charge in [-0.25, -0.2) is 9.67 Å². The van der Waals surface area contributed by atoms with Gasteiger partial charge in [-0.15, -0.1) is 0 Å². The topological polar surface area (TPSA) is 98.1 Å². The van der Waals surface area contributed by atoms with E-state index in [1.165, 1.54) is 6.33 Å². The van der Waals surface area contributed by atoms with E-state index in [2.05, 4.69) is 20.7 Å². The summed E-state index contributed by atoms with van der Waals surface area (Å²) in [6, 6.07) is 12.6. The van der Waals surface area contributed by atoms with E-state index in [1.54, 1.807) is 35.3 Å². The predicted molar refractivity (Wildman–Crippen MR) is 118 cm³/mol. The van der Waals surface area contributed by atoms with Gasteiger partial charge in [0.1, 0.15) is 18.4 Å². The van der Waals surface area contributed by atoms with Gasteiger partial charge in [-0.05, 0) is 62.1 Å². The van der Waals surface area contributed by atoms with Gasteiger partial charge in [-0.2, -0.15) is 5.10 Å². The maximum Gasteiger partial charge on any atom is 0.258 e. The van der Waals surface area contributed by atoms with Crippen molar-refractivity contribution < 1.29 is 14.3 Å². The van der Waals surface area contributed by atoms with Crippen molar-refractivity contribution >= 4 is 23.4 Å². The van der Waals surface area contributed by atoms with Crippen LogP contribution in [0.25, 0.3) is 5.69 Å². The van der Waals surface area contributed by atoms with E-state index in [-0.39, 0.29) is 29.5 Å². The third kappa shape index (κ3) is 3.71. The molecule has 0 unspecified atom stereocenters. The number of carbonyl (C=O) groups excluding carboxylic acids is 2. The molecule has 2 bridgehead atoms. The van der Waals surface area contributed by atoms with Crippen molar-refractivity contribution in [3.05, 3.63) is 71.3 Å². The Balaban J connectivity index is 1.14. The number of halogens is 1. The first kappa shape index (κ1) is 20.5. The van der Waals surface area contributed by atoms with E-state index in [0.29, 0.717) is 41.3 Å². The van der Waals surface area contributed by atoms with Gasteiger partial charge in [-0.1, -0.05) is 23.7 Å². The normalized spacial score (nSPS) is 22.9. The number of hydrogen-bond acceptors (Lipinski definition) is 5. The number of carbonyl (C=O) groups is 2. The number of aryl methyl sites for hydroxylation is 1. The fourth-order valence-corrected chi connectivity index (χ4v) is 4.86. The minimum absolute atomic E-state index is 0.0620. The van der Waals surface area contributed by atoms with Crippen LogP contribution in [0.2, 0.25) is 5.02 Å².